The van der Waals surface area contributed by atoms with Crippen LogP contribution in [0.1, 0.15) is 16.2 Å². The average molecular weight is 272 g/mol. The molecule has 2 aromatic rings. The molecule has 5 nitrogen and oxygen atoms in total. The summed E-state index contributed by atoms with van der Waals surface area (Å²) in [6.45, 7) is 0.357. The number of rotatable bonds is 4. The summed E-state index contributed by atoms with van der Waals surface area (Å²) in [5.74, 6) is -1.09. The van der Waals surface area contributed by atoms with E-state index >= 15 is 0 Å². The number of carbonyl (C=O) groups is 1. The smallest absolute Gasteiger partial charge is 0.338 e. The number of nitrogens with zero attached hydrogens (tertiary/aromatic N) is 4. The zero-order chi connectivity index (χ0) is 14.0. The standard InChI is InChI=1S/C11H11F3N4O/c1-17-5-3-15-9(17)2-4-18-7-8(6-16-18)10(19)11(12,13)14/h3,5-7H,2,4H2,1H3. The maximum absolute atomic E-state index is 12.2. The first kappa shape index (κ1) is 13.3. The van der Waals surface area contributed by atoms with Crippen molar-refractivity contribution in [1.82, 2.24) is 19.3 Å². The van der Waals surface area contributed by atoms with Crippen LogP contribution in [0.25, 0.3) is 0 Å². The van der Waals surface area contributed by atoms with Crippen LogP contribution in [0, 0.1) is 0 Å². The van der Waals surface area contributed by atoms with Crippen molar-refractivity contribution in [2.45, 2.75) is 19.1 Å². The van der Waals surface area contributed by atoms with Crippen LogP contribution >= 0.6 is 0 Å². The fraction of sp³-hybridized carbons (Fsp3) is 0.364. The number of aromatic nitrogens is 4. The van der Waals surface area contributed by atoms with E-state index in [-0.39, 0.29) is 0 Å². The summed E-state index contributed by atoms with van der Waals surface area (Å²) in [6, 6.07) is 0. The molecule has 0 fully saturated rings. The number of halogens is 3. The molecule has 0 saturated carbocycles. The van der Waals surface area contributed by atoms with Gasteiger partial charge in [0, 0.05) is 38.6 Å². The van der Waals surface area contributed by atoms with Crippen molar-refractivity contribution in [3.8, 4) is 0 Å². The molecule has 2 rings (SSSR count). The number of carbonyl (C=O) groups excluding carboxylic acids is 1. The predicted molar refractivity (Wildman–Crippen MR) is 59.5 cm³/mol. The molecule has 19 heavy (non-hydrogen) atoms. The number of alkyl halides is 3. The van der Waals surface area contributed by atoms with Gasteiger partial charge in [0.25, 0.3) is 5.78 Å². The van der Waals surface area contributed by atoms with Crippen molar-refractivity contribution < 1.29 is 18.0 Å². The van der Waals surface area contributed by atoms with E-state index in [0.717, 1.165) is 18.2 Å². The molecule has 0 unspecified atom stereocenters. The minimum Gasteiger partial charge on any atom is -0.338 e. The zero-order valence-corrected chi connectivity index (χ0v) is 10.1. The Kier molecular flexibility index (Phi) is 3.41. The van der Waals surface area contributed by atoms with Crippen molar-refractivity contribution >= 4 is 5.78 Å². The van der Waals surface area contributed by atoms with Crippen molar-refractivity contribution in [1.29, 1.82) is 0 Å². The number of ketones is 1. The number of aryl methyl sites for hydroxylation is 3. The van der Waals surface area contributed by atoms with Crippen LogP contribution in [0.5, 0.6) is 0 Å². The topological polar surface area (TPSA) is 52.7 Å². The summed E-state index contributed by atoms with van der Waals surface area (Å²) < 4.78 is 39.7. The van der Waals surface area contributed by atoms with Gasteiger partial charge < -0.3 is 4.57 Å². The third-order valence-electron chi connectivity index (χ3n) is 2.64. The first-order valence-corrected chi connectivity index (χ1v) is 5.48. The van der Waals surface area contributed by atoms with Crippen LogP contribution in [0.4, 0.5) is 13.2 Å². The Morgan fingerprint density at radius 1 is 1.42 bits per heavy atom. The molecule has 0 aromatic carbocycles. The molecule has 0 amide bonds. The SMILES string of the molecule is Cn1ccnc1CCn1cc(C(=O)C(F)(F)F)cn1. The lowest BCUT2D eigenvalue weighted by molar-refractivity contribution is -0.0885. The first-order chi connectivity index (χ1) is 8.88. The lowest BCUT2D eigenvalue weighted by Gasteiger charge is -2.03. The highest BCUT2D eigenvalue weighted by molar-refractivity contribution is 5.99. The van der Waals surface area contributed by atoms with Gasteiger partial charge in [-0.05, 0) is 0 Å². The van der Waals surface area contributed by atoms with Crippen molar-refractivity contribution in [2.75, 3.05) is 0 Å². The molecular formula is C11H11F3N4O. The van der Waals surface area contributed by atoms with Crippen LogP contribution in [0.2, 0.25) is 0 Å². The summed E-state index contributed by atoms with van der Waals surface area (Å²) in [7, 11) is 1.82. The second kappa shape index (κ2) is 4.87. The van der Waals surface area contributed by atoms with Gasteiger partial charge >= 0.3 is 6.18 Å². The maximum atomic E-state index is 12.2. The van der Waals surface area contributed by atoms with Gasteiger partial charge in [-0.15, -0.1) is 0 Å². The van der Waals surface area contributed by atoms with Crippen molar-refractivity contribution in [2.24, 2.45) is 7.05 Å². The summed E-state index contributed by atoms with van der Waals surface area (Å²) in [4.78, 5) is 15.1. The fourth-order valence-electron chi connectivity index (χ4n) is 1.62. The Morgan fingerprint density at radius 2 is 2.16 bits per heavy atom. The first-order valence-electron chi connectivity index (χ1n) is 5.48. The minimum absolute atomic E-state index is 0.357. The van der Waals surface area contributed by atoms with Gasteiger partial charge in [-0.2, -0.15) is 18.3 Å². The molecule has 0 aliphatic rings. The van der Waals surface area contributed by atoms with E-state index < -0.39 is 17.5 Å². The molecule has 0 N–H and O–H groups in total. The Balaban J connectivity index is 2.02. The molecule has 0 spiro atoms. The molecule has 2 heterocycles. The van der Waals surface area contributed by atoms with Gasteiger partial charge in [-0.1, -0.05) is 0 Å². The van der Waals surface area contributed by atoms with E-state index in [1.165, 1.54) is 4.68 Å². The van der Waals surface area contributed by atoms with Gasteiger partial charge in [-0.3, -0.25) is 9.48 Å². The molecule has 0 aliphatic carbocycles. The summed E-state index contributed by atoms with van der Waals surface area (Å²) in [5.41, 5.74) is -0.452. The van der Waals surface area contributed by atoms with E-state index in [0.29, 0.717) is 13.0 Å². The molecule has 0 atom stereocenters. The Labute approximate surface area is 106 Å². The van der Waals surface area contributed by atoms with Gasteiger partial charge in [0.05, 0.1) is 11.8 Å². The lowest BCUT2D eigenvalue weighted by Crippen LogP contribution is -2.22. The van der Waals surface area contributed by atoms with E-state index in [1.54, 1.807) is 12.4 Å². The Bertz CT molecular complexity index is 585. The molecule has 0 aliphatic heterocycles. The molecule has 2 aromatic heterocycles. The summed E-state index contributed by atoms with van der Waals surface area (Å²) in [5, 5.41) is 3.74. The Hall–Kier alpha value is -2.12. The zero-order valence-electron chi connectivity index (χ0n) is 10.1. The van der Waals surface area contributed by atoms with Gasteiger partial charge in [-0.25, -0.2) is 4.98 Å². The molecular weight excluding hydrogens is 261 g/mol. The molecule has 0 bridgehead atoms. The van der Waals surface area contributed by atoms with Crippen molar-refractivity contribution in [3.05, 3.63) is 36.2 Å². The van der Waals surface area contributed by atoms with Gasteiger partial charge in [0.1, 0.15) is 5.82 Å². The number of hydrogen-bond donors (Lipinski definition) is 0. The second-order valence-corrected chi connectivity index (χ2v) is 4.02. The molecule has 102 valence electrons. The van der Waals surface area contributed by atoms with Crippen LogP contribution in [-0.2, 0) is 20.0 Å². The minimum atomic E-state index is -4.87. The monoisotopic (exact) mass is 272 g/mol. The van der Waals surface area contributed by atoms with Crippen LogP contribution in [0.3, 0.4) is 0 Å². The number of hydrogen-bond acceptors (Lipinski definition) is 3. The van der Waals surface area contributed by atoms with E-state index in [4.69, 9.17) is 0 Å². The third kappa shape index (κ3) is 3.01. The quantitative estimate of drug-likeness (QED) is 0.794. The summed E-state index contributed by atoms with van der Waals surface area (Å²) >= 11 is 0. The predicted octanol–water partition coefficient (Wildman–Crippen LogP) is 1.60. The normalized spacial score (nSPS) is 11.8. The lowest BCUT2D eigenvalue weighted by atomic mass is 10.2. The highest BCUT2D eigenvalue weighted by Crippen LogP contribution is 2.20. The summed E-state index contributed by atoms with van der Waals surface area (Å²) in [6.07, 6.45) is 1.08. The number of Topliss-reactive ketones (excluding diaryl/α,β-unsaturated/α-hetero) is 1. The van der Waals surface area contributed by atoms with Crippen molar-refractivity contribution in [3.63, 3.8) is 0 Å². The van der Waals surface area contributed by atoms with Crippen LogP contribution in [0.15, 0.2) is 24.8 Å². The highest BCUT2D eigenvalue weighted by Gasteiger charge is 2.39. The fourth-order valence-corrected chi connectivity index (χ4v) is 1.62. The molecule has 0 saturated heterocycles. The Morgan fingerprint density at radius 3 is 2.74 bits per heavy atom. The average Bonchev–Trinajstić information content (AvgIpc) is 2.93. The number of imidazole rings is 1. The molecule has 8 heteroatoms. The van der Waals surface area contributed by atoms with Crippen LogP contribution in [-0.4, -0.2) is 31.3 Å². The maximum Gasteiger partial charge on any atom is 0.454 e. The molecule has 0 radical (unpaired) electrons. The van der Waals surface area contributed by atoms with Gasteiger partial charge in [0.2, 0.25) is 0 Å². The van der Waals surface area contributed by atoms with Gasteiger partial charge in [0.15, 0.2) is 0 Å². The second-order valence-electron chi connectivity index (χ2n) is 4.02. The van der Waals surface area contributed by atoms with E-state index in [9.17, 15) is 18.0 Å². The van der Waals surface area contributed by atoms with E-state index in [2.05, 4.69) is 10.1 Å². The van der Waals surface area contributed by atoms with Crippen LogP contribution < -0.4 is 0 Å². The third-order valence-corrected chi connectivity index (χ3v) is 2.64. The highest BCUT2D eigenvalue weighted by atomic mass is 19.4. The largest absolute Gasteiger partial charge is 0.454 e. The van der Waals surface area contributed by atoms with E-state index in [1.807, 2.05) is 11.6 Å².